The maximum Gasteiger partial charge on any atom is 0.412 e. The number of phenols is 1. The number of phenolic OH excluding ortho intramolecular Hbond substituents is 1. The zero-order valence-electron chi connectivity index (χ0n) is 18.5. The van der Waals surface area contributed by atoms with Crippen LogP contribution in [0.3, 0.4) is 0 Å². The summed E-state index contributed by atoms with van der Waals surface area (Å²) in [4.78, 5) is 25.2. The summed E-state index contributed by atoms with van der Waals surface area (Å²) in [5.41, 5.74) is 7.71. The van der Waals surface area contributed by atoms with Crippen molar-refractivity contribution in [1.29, 1.82) is 0 Å². The number of halogens is 3. The van der Waals surface area contributed by atoms with Gasteiger partial charge in [0.15, 0.2) is 0 Å². The van der Waals surface area contributed by atoms with E-state index in [1.54, 1.807) is 73.7 Å². The minimum absolute atomic E-state index is 0.0728. The Morgan fingerprint density at radius 2 is 1.69 bits per heavy atom. The number of para-hydroxylation sites is 2. The molecule has 0 bridgehead atoms. The van der Waals surface area contributed by atoms with Crippen LogP contribution in [0.5, 0.6) is 5.75 Å². The van der Waals surface area contributed by atoms with Gasteiger partial charge in [-0.1, -0.05) is 57.0 Å². The second-order valence-electron chi connectivity index (χ2n) is 7.58. The summed E-state index contributed by atoms with van der Waals surface area (Å²) in [5, 5.41) is 16.1. The molecule has 35 heavy (non-hydrogen) atoms. The van der Waals surface area contributed by atoms with Gasteiger partial charge in [0.05, 0.1) is 15.8 Å². The van der Waals surface area contributed by atoms with Crippen LogP contribution in [0.4, 0.5) is 21.9 Å². The van der Waals surface area contributed by atoms with E-state index in [0.29, 0.717) is 31.6 Å². The molecule has 2 atom stereocenters. The molecule has 3 rings (SSSR count). The minimum Gasteiger partial charge on any atom is -0.506 e. The molecule has 3 aromatic carbocycles. The average Bonchev–Trinajstić information content (AvgIpc) is 2.81. The molecule has 0 fully saturated rings. The number of amides is 2. The van der Waals surface area contributed by atoms with Crippen molar-refractivity contribution >= 4 is 76.9 Å². The summed E-state index contributed by atoms with van der Waals surface area (Å²) in [6.07, 6.45) is 1.31. The zero-order chi connectivity index (χ0) is 25.5. The highest BCUT2D eigenvalue weighted by Crippen LogP contribution is 2.40. The summed E-state index contributed by atoms with van der Waals surface area (Å²) in [6, 6.07) is 17.3. The van der Waals surface area contributed by atoms with Gasteiger partial charge in [-0.25, -0.2) is 4.79 Å². The molecule has 0 aromatic heterocycles. The van der Waals surface area contributed by atoms with Crippen LogP contribution < -0.4 is 16.4 Å². The summed E-state index contributed by atoms with van der Waals surface area (Å²) < 4.78 is 7.70. The van der Waals surface area contributed by atoms with Gasteiger partial charge in [0.2, 0.25) is 5.91 Å². The molecule has 0 aliphatic heterocycles. The largest absolute Gasteiger partial charge is 0.506 e. The predicted molar refractivity (Wildman–Crippen MR) is 148 cm³/mol. The fraction of sp³-hybridized carbons (Fsp3) is 0.120. The van der Waals surface area contributed by atoms with Crippen molar-refractivity contribution in [3.05, 3.63) is 91.8 Å². The lowest BCUT2D eigenvalue weighted by Gasteiger charge is -2.24. The molecule has 0 spiro atoms. The van der Waals surface area contributed by atoms with Gasteiger partial charge >= 0.3 is 6.09 Å². The number of carbonyl (C=O) groups is 2. The van der Waals surface area contributed by atoms with E-state index in [9.17, 15) is 14.7 Å². The molecule has 0 aliphatic rings. The normalized spacial score (nSPS) is 12.7. The Labute approximate surface area is 228 Å². The van der Waals surface area contributed by atoms with Crippen LogP contribution in [0.1, 0.15) is 18.6 Å². The molecule has 0 unspecified atom stereocenters. The van der Waals surface area contributed by atoms with E-state index in [2.05, 4.69) is 58.4 Å². The number of ether oxygens (including phenoxy) is 1. The van der Waals surface area contributed by atoms with Gasteiger partial charge in [-0.3, -0.25) is 10.1 Å². The maximum atomic E-state index is 12.7. The third-order valence-electron chi connectivity index (χ3n) is 4.94. The van der Waals surface area contributed by atoms with E-state index in [1.165, 1.54) is 6.08 Å². The second-order valence-corrected chi connectivity index (χ2v) is 10.3. The molecule has 0 saturated carbocycles. The average molecular weight is 668 g/mol. The van der Waals surface area contributed by atoms with E-state index < -0.39 is 24.0 Å². The van der Waals surface area contributed by atoms with Crippen LogP contribution >= 0.6 is 47.8 Å². The second kappa shape index (κ2) is 12.2. The van der Waals surface area contributed by atoms with E-state index >= 15 is 0 Å². The van der Waals surface area contributed by atoms with Crippen molar-refractivity contribution in [3.63, 3.8) is 0 Å². The highest BCUT2D eigenvalue weighted by atomic mass is 79.9. The first kappa shape index (κ1) is 26.8. The number of anilines is 3. The van der Waals surface area contributed by atoms with Crippen LogP contribution in [0.25, 0.3) is 0 Å². The third kappa shape index (κ3) is 7.58. The summed E-state index contributed by atoms with van der Waals surface area (Å²) in [6.45, 7) is 1.77. The molecule has 5 N–H and O–H groups in total. The molecule has 3 aromatic rings. The van der Waals surface area contributed by atoms with Crippen molar-refractivity contribution < 1.29 is 19.4 Å². The predicted octanol–water partition coefficient (Wildman–Crippen LogP) is 7.38. The monoisotopic (exact) mass is 665 g/mol. The van der Waals surface area contributed by atoms with Crippen molar-refractivity contribution in [2.24, 2.45) is 5.92 Å². The van der Waals surface area contributed by atoms with Crippen molar-refractivity contribution in [3.8, 4) is 5.75 Å². The Balaban J connectivity index is 1.82. The molecule has 0 heterocycles. The van der Waals surface area contributed by atoms with Crippen molar-refractivity contribution in [2.45, 2.75) is 13.0 Å². The van der Waals surface area contributed by atoms with E-state index in [4.69, 9.17) is 10.5 Å². The van der Waals surface area contributed by atoms with Gasteiger partial charge < -0.3 is 20.9 Å². The molecule has 0 radical (unpaired) electrons. The highest BCUT2D eigenvalue weighted by Gasteiger charge is 2.27. The number of nitrogen functional groups attached to an aromatic ring is 1. The fourth-order valence-corrected chi connectivity index (χ4v) is 4.70. The quantitative estimate of drug-likeness (QED) is 0.155. The highest BCUT2D eigenvalue weighted by molar-refractivity contribution is 9.11. The molecule has 2 amide bonds. The smallest absolute Gasteiger partial charge is 0.412 e. The Bertz CT molecular complexity index is 1250. The van der Waals surface area contributed by atoms with Gasteiger partial charge in [-0.2, -0.15) is 0 Å². The number of hydrogen-bond acceptors (Lipinski definition) is 5. The number of benzene rings is 3. The van der Waals surface area contributed by atoms with Crippen LogP contribution in [0, 0.1) is 5.92 Å². The standard InChI is InChI=1S/C25H22Br3N3O4/c1-14(6-11-22(32)31-21-5-3-2-4-20(21)29)24(18-12-16(27)13-19(28)23(18)33)35-25(34)30-17-9-7-15(26)8-10-17/h2-14,24,33H,29H2,1H3,(H,30,34)(H,31,32)/b11-6+/t14-,24+/m0/s1. The maximum absolute atomic E-state index is 12.7. The molecule has 10 heteroatoms. The van der Waals surface area contributed by atoms with Gasteiger partial charge in [0, 0.05) is 26.1 Å². The molecule has 182 valence electrons. The molecule has 0 saturated heterocycles. The SMILES string of the molecule is C[C@@H](/C=C/C(=O)Nc1ccccc1N)[C@@H](OC(=O)Nc1ccc(Br)cc1)c1cc(Br)cc(Br)c1O. The molecular weight excluding hydrogens is 646 g/mol. The van der Waals surface area contributed by atoms with Crippen LogP contribution in [0.2, 0.25) is 0 Å². The van der Waals surface area contributed by atoms with Crippen LogP contribution in [-0.2, 0) is 9.53 Å². The summed E-state index contributed by atoms with van der Waals surface area (Å²) in [5.74, 6) is -0.958. The van der Waals surface area contributed by atoms with E-state index in [1.807, 2.05) is 0 Å². The number of carbonyl (C=O) groups excluding carboxylic acids is 2. The van der Waals surface area contributed by atoms with Crippen LogP contribution in [-0.4, -0.2) is 17.1 Å². The van der Waals surface area contributed by atoms with Crippen molar-refractivity contribution in [2.75, 3.05) is 16.4 Å². The van der Waals surface area contributed by atoms with E-state index in [-0.39, 0.29) is 5.75 Å². The summed E-state index contributed by atoms with van der Waals surface area (Å²) >= 11 is 10.1. The first-order valence-corrected chi connectivity index (χ1v) is 12.8. The zero-order valence-corrected chi connectivity index (χ0v) is 23.2. The molecule has 7 nitrogen and oxygen atoms in total. The number of nitrogens with one attached hydrogen (secondary N) is 2. The number of hydrogen-bond donors (Lipinski definition) is 4. The Morgan fingerprint density at radius 1 is 1.00 bits per heavy atom. The Kier molecular flexibility index (Phi) is 9.36. The molecular formula is C25H22Br3N3O4. The van der Waals surface area contributed by atoms with Gasteiger partial charge in [0.1, 0.15) is 11.9 Å². The first-order valence-electron chi connectivity index (χ1n) is 10.4. The van der Waals surface area contributed by atoms with E-state index in [0.717, 1.165) is 4.47 Å². The van der Waals surface area contributed by atoms with Gasteiger partial charge in [0.25, 0.3) is 0 Å². The topological polar surface area (TPSA) is 114 Å². The first-order chi connectivity index (χ1) is 16.6. The number of aromatic hydroxyl groups is 1. The number of rotatable bonds is 7. The Morgan fingerprint density at radius 3 is 2.37 bits per heavy atom. The lowest BCUT2D eigenvalue weighted by Crippen LogP contribution is -2.21. The number of nitrogens with two attached hydrogens (primary N) is 1. The summed E-state index contributed by atoms with van der Waals surface area (Å²) in [7, 11) is 0. The van der Waals surface area contributed by atoms with Crippen molar-refractivity contribution in [1.82, 2.24) is 0 Å². The van der Waals surface area contributed by atoms with Gasteiger partial charge in [-0.05, 0) is 70.5 Å². The third-order valence-corrected chi connectivity index (χ3v) is 6.53. The fourth-order valence-electron chi connectivity index (χ4n) is 3.18. The lowest BCUT2D eigenvalue weighted by molar-refractivity contribution is -0.111. The lowest BCUT2D eigenvalue weighted by atomic mass is 9.96. The Hall–Kier alpha value is -2.82. The van der Waals surface area contributed by atoms with Crippen LogP contribution in [0.15, 0.2) is 86.2 Å². The minimum atomic E-state index is -0.912. The molecule has 0 aliphatic carbocycles. The van der Waals surface area contributed by atoms with Gasteiger partial charge in [-0.15, -0.1) is 0 Å².